The first kappa shape index (κ1) is 15.8. The van der Waals surface area contributed by atoms with Crippen LogP contribution in [0.2, 0.25) is 0 Å². The molecule has 3 aromatic rings. The molecule has 1 aromatic heterocycles. The lowest BCUT2D eigenvalue weighted by molar-refractivity contribution is 0.162. The van der Waals surface area contributed by atoms with Gasteiger partial charge in [0.2, 0.25) is 9.84 Å². The number of H-pyrrole nitrogens is 1. The molecule has 2 aromatic carbocycles. The normalized spacial score (nSPS) is 11.5. The minimum absolute atomic E-state index is 0.00509. The SMILES string of the molecule is COc1ccc(S(=O)(=O)c2ccccc2)c2[nH]c(=O)n(O)c(=O)c12. The van der Waals surface area contributed by atoms with Crippen molar-refractivity contribution in [1.82, 2.24) is 9.71 Å². The molecule has 1 heterocycles. The number of nitrogens with zero attached hydrogens (tertiary/aromatic N) is 1. The summed E-state index contributed by atoms with van der Waals surface area (Å²) in [5.41, 5.74) is -2.44. The molecular weight excluding hydrogens is 336 g/mol. The monoisotopic (exact) mass is 348 g/mol. The Balaban J connectivity index is 2.48. The van der Waals surface area contributed by atoms with Crippen LogP contribution in [0, 0.1) is 0 Å². The molecule has 3 rings (SSSR count). The Morgan fingerprint density at radius 1 is 1.08 bits per heavy atom. The van der Waals surface area contributed by atoms with Gasteiger partial charge in [-0.1, -0.05) is 22.9 Å². The number of ether oxygens (including phenoxy) is 1. The summed E-state index contributed by atoms with van der Waals surface area (Å²) in [6.07, 6.45) is 0. The molecule has 0 aliphatic rings. The van der Waals surface area contributed by atoms with E-state index < -0.39 is 21.1 Å². The zero-order valence-electron chi connectivity index (χ0n) is 12.4. The number of hydrogen-bond donors (Lipinski definition) is 2. The predicted octanol–water partition coefficient (Wildman–Crippen LogP) is 0.768. The van der Waals surface area contributed by atoms with Crippen LogP contribution >= 0.6 is 0 Å². The highest BCUT2D eigenvalue weighted by atomic mass is 32.2. The lowest BCUT2D eigenvalue weighted by Gasteiger charge is -2.11. The van der Waals surface area contributed by atoms with Gasteiger partial charge >= 0.3 is 11.2 Å². The van der Waals surface area contributed by atoms with Crippen molar-refractivity contribution in [3.05, 3.63) is 63.3 Å². The fourth-order valence-corrected chi connectivity index (χ4v) is 3.82. The van der Waals surface area contributed by atoms with E-state index in [1.807, 2.05) is 0 Å². The second kappa shape index (κ2) is 5.53. The van der Waals surface area contributed by atoms with Crippen LogP contribution in [-0.4, -0.2) is 30.4 Å². The van der Waals surface area contributed by atoms with E-state index in [0.29, 0.717) is 0 Å². The number of nitrogens with one attached hydrogen (secondary N) is 1. The lowest BCUT2D eigenvalue weighted by atomic mass is 10.2. The Bertz CT molecular complexity index is 1150. The molecular formula is C15H12N2O6S. The van der Waals surface area contributed by atoms with E-state index in [0.717, 1.165) is 0 Å². The quantitative estimate of drug-likeness (QED) is 0.675. The number of methoxy groups -OCH3 is 1. The zero-order valence-corrected chi connectivity index (χ0v) is 13.2. The van der Waals surface area contributed by atoms with E-state index >= 15 is 0 Å². The van der Waals surface area contributed by atoms with Crippen molar-refractivity contribution in [3.8, 4) is 5.75 Å². The average Bonchev–Trinajstić information content (AvgIpc) is 2.59. The molecule has 0 amide bonds. The molecule has 0 aliphatic carbocycles. The van der Waals surface area contributed by atoms with Crippen molar-refractivity contribution >= 4 is 20.7 Å². The number of fused-ring (bicyclic) bond motifs is 1. The van der Waals surface area contributed by atoms with E-state index in [9.17, 15) is 23.2 Å². The topological polar surface area (TPSA) is 118 Å². The molecule has 0 aliphatic heterocycles. The maximum absolute atomic E-state index is 12.8. The van der Waals surface area contributed by atoms with Crippen LogP contribution in [0.5, 0.6) is 5.75 Å². The maximum atomic E-state index is 12.8. The first-order valence-corrected chi connectivity index (χ1v) is 8.21. The fourth-order valence-electron chi connectivity index (χ4n) is 2.38. The van der Waals surface area contributed by atoms with E-state index in [1.54, 1.807) is 18.2 Å². The molecule has 24 heavy (non-hydrogen) atoms. The number of aromatic nitrogens is 2. The Hall–Kier alpha value is -3.07. The number of benzene rings is 2. The number of sulfone groups is 1. The molecule has 9 heteroatoms. The minimum atomic E-state index is -3.99. The molecule has 0 bridgehead atoms. The van der Waals surface area contributed by atoms with Crippen LogP contribution in [0.1, 0.15) is 0 Å². The highest BCUT2D eigenvalue weighted by molar-refractivity contribution is 7.91. The highest BCUT2D eigenvalue weighted by Gasteiger charge is 2.24. The van der Waals surface area contributed by atoms with Crippen LogP contribution in [0.15, 0.2) is 61.8 Å². The molecule has 0 saturated carbocycles. The van der Waals surface area contributed by atoms with Crippen LogP contribution in [0.25, 0.3) is 10.9 Å². The van der Waals surface area contributed by atoms with Gasteiger partial charge in [0.05, 0.1) is 22.4 Å². The van der Waals surface area contributed by atoms with Crippen molar-refractivity contribution in [1.29, 1.82) is 0 Å². The predicted molar refractivity (Wildman–Crippen MR) is 84.5 cm³/mol. The van der Waals surface area contributed by atoms with Crippen molar-refractivity contribution in [2.45, 2.75) is 9.79 Å². The third kappa shape index (κ3) is 2.26. The van der Waals surface area contributed by atoms with Gasteiger partial charge in [0.25, 0.3) is 0 Å². The summed E-state index contributed by atoms with van der Waals surface area (Å²) in [5.74, 6) is 0.0288. The minimum Gasteiger partial charge on any atom is -0.496 e. The van der Waals surface area contributed by atoms with E-state index in [2.05, 4.69) is 4.98 Å². The smallest absolute Gasteiger partial charge is 0.362 e. The Labute approximate surface area is 135 Å². The average molecular weight is 348 g/mol. The van der Waals surface area contributed by atoms with Gasteiger partial charge in [-0.2, -0.15) is 0 Å². The molecule has 0 spiro atoms. The second-order valence-electron chi connectivity index (χ2n) is 4.88. The standard InChI is InChI=1S/C15H12N2O6S/c1-23-10-7-8-11(24(21,22)9-5-3-2-4-6-9)13-12(10)14(18)17(20)15(19)16-13/h2-8,20H,1H3,(H,16,19). The molecule has 0 saturated heterocycles. The Morgan fingerprint density at radius 3 is 2.38 bits per heavy atom. The van der Waals surface area contributed by atoms with Crippen LogP contribution in [0.3, 0.4) is 0 Å². The summed E-state index contributed by atoms with van der Waals surface area (Å²) in [5, 5.41) is 9.25. The fraction of sp³-hybridized carbons (Fsp3) is 0.0667. The van der Waals surface area contributed by atoms with E-state index in [-0.39, 0.29) is 31.2 Å². The van der Waals surface area contributed by atoms with Crippen molar-refractivity contribution < 1.29 is 18.4 Å². The number of hydrogen-bond acceptors (Lipinski definition) is 6. The summed E-state index contributed by atoms with van der Waals surface area (Å²) >= 11 is 0. The molecule has 0 unspecified atom stereocenters. The maximum Gasteiger partial charge on any atom is 0.362 e. The van der Waals surface area contributed by atoms with Crippen LogP contribution in [-0.2, 0) is 9.84 Å². The van der Waals surface area contributed by atoms with Gasteiger partial charge in [0.1, 0.15) is 11.1 Å². The third-order valence-electron chi connectivity index (χ3n) is 3.52. The summed E-state index contributed by atoms with van der Waals surface area (Å²) in [4.78, 5) is 25.8. The first-order chi connectivity index (χ1) is 11.4. The largest absolute Gasteiger partial charge is 0.496 e. The lowest BCUT2D eigenvalue weighted by Crippen LogP contribution is -2.33. The van der Waals surface area contributed by atoms with E-state index in [1.165, 1.54) is 31.4 Å². The van der Waals surface area contributed by atoms with Gasteiger partial charge in [0, 0.05) is 0 Å². The summed E-state index contributed by atoms with van der Waals surface area (Å²) < 4.78 is 30.5. The van der Waals surface area contributed by atoms with E-state index in [4.69, 9.17) is 4.74 Å². The highest BCUT2D eigenvalue weighted by Crippen LogP contribution is 2.30. The Morgan fingerprint density at radius 2 is 1.75 bits per heavy atom. The summed E-state index contributed by atoms with van der Waals surface area (Å²) in [6, 6.07) is 10.1. The van der Waals surface area contributed by atoms with Gasteiger partial charge in [-0.05, 0) is 24.3 Å². The Kier molecular flexibility index (Phi) is 3.64. The van der Waals surface area contributed by atoms with Crippen molar-refractivity contribution in [2.24, 2.45) is 0 Å². The molecule has 2 N–H and O–H groups in total. The molecule has 0 fully saturated rings. The third-order valence-corrected chi connectivity index (χ3v) is 5.33. The van der Waals surface area contributed by atoms with Crippen LogP contribution in [0.4, 0.5) is 0 Å². The van der Waals surface area contributed by atoms with Crippen molar-refractivity contribution in [3.63, 3.8) is 0 Å². The molecule has 0 radical (unpaired) electrons. The van der Waals surface area contributed by atoms with Gasteiger partial charge in [-0.25, -0.2) is 13.2 Å². The van der Waals surface area contributed by atoms with Crippen molar-refractivity contribution in [2.75, 3.05) is 7.11 Å². The summed E-state index contributed by atoms with van der Waals surface area (Å²) in [6.45, 7) is 0. The van der Waals surface area contributed by atoms with Crippen LogP contribution < -0.4 is 16.0 Å². The number of aromatic amines is 1. The second-order valence-corrected chi connectivity index (χ2v) is 6.80. The molecule has 8 nitrogen and oxygen atoms in total. The summed E-state index contributed by atoms with van der Waals surface area (Å²) in [7, 11) is -2.71. The first-order valence-electron chi connectivity index (χ1n) is 6.73. The van der Waals surface area contributed by atoms with Gasteiger partial charge < -0.3 is 14.9 Å². The molecule has 0 atom stereocenters. The van der Waals surface area contributed by atoms with Gasteiger partial charge in [-0.3, -0.25) is 4.79 Å². The number of rotatable bonds is 3. The zero-order chi connectivity index (χ0) is 17.5. The van der Waals surface area contributed by atoms with Gasteiger partial charge in [-0.15, -0.1) is 0 Å². The molecule has 124 valence electrons. The van der Waals surface area contributed by atoms with Gasteiger partial charge in [0.15, 0.2) is 0 Å².